The first-order valence-corrected chi connectivity index (χ1v) is 9.04. The lowest BCUT2D eigenvalue weighted by Gasteiger charge is -2.14. The van der Waals surface area contributed by atoms with Gasteiger partial charge in [0.25, 0.3) is 0 Å². The molecule has 164 valence electrons. The maximum absolute atomic E-state index is 13.0. The molecule has 2 amide bonds. The first-order valence-electron chi connectivity index (χ1n) is 9.04. The molecule has 0 unspecified atom stereocenters. The van der Waals surface area contributed by atoms with Crippen LogP contribution in [-0.2, 0) is 11.0 Å². The Morgan fingerprint density at radius 2 is 1.75 bits per heavy atom. The molecule has 0 spiro atoms. The van der Waals surface area contributed by atoms with Gasteiger partial charge in [-0.15, -0.1) is 0 Å². The lowest BCUT2D eigenvalue weighted by Crippen LogP contribution is -2.19. The van der Waals surface area contributed by atoms with Crippen LogP contribution in [0.2, 0.25) is 0 Å². The summed E-state index contributed by atoms with van der Waals surface area (Å²) in [6.45, 7) is 0. The van der Waals surface area contributed by atoms with Crippen molar-refractivity contribution in [3.05, 3.63) is 72.2 Å². The molecule has 0 atom stereocenters. The molecule has 0 radical (unpaired) electrons. The highest BCUT2D eigenvalue weighted by atomic mass is 19.4. The number of aromatic nitrogens is 2. The van der Waals surface area contributed by atoms with Gasteiger partial charge < -0.3 is 10.4 Å². The van der Waals surface area contributed by atoms with Crippen molar-refractivity contribution in [2.24, 2.45) is 0 Å². The fourth-order valence-corrected chi connectivity index (χ4v) is 2.79. The number of carbonyl (C=O) groups excluding carboxylic acids is 2. The van der Waals surface area contributed by atoms with Gasteiger partial charge in [-0.3, -0.25) is 24.9 Å². The number of amides is 2. The quantitative estimate of drug-likeness (QED) is 0.381. The van der Waals surface area contributed by atoms with Gasteiger partial charge in [0.2, 0.25) is 5.91 Å². The van der Waals surface area contributed by atoms with Crippen LogP contribution in [0, 0.1) is 0 Å². The van der Waals surface area contributed by atoms with E-state index in [2.05, 4.69) is 15.3 Å². The average Bonchev–Trinajstić information content (AvgIpc) is 2.74. The molecule has 0 aliphatic carbocycles. The van der Waals surface area contributed by atoms with Crippen LogP contribution in [0.3, 0.4) is 0 Å². The summed E-state index contributed by atoms with van der Waals surface area (Å²) in [6, 6.07) is 8.42. The minimum Gasteiger partial charge on any atom is -0.465 e. The maximum Gasteiger partial charge on any atom is 0.416 e. The maximum atomic E-state index is 13.0. The van der Waals surface area contributed by atoms with E-state index in [0.717, 1.165) is 6.07 Å². The fraction of sp³-hybridized carbons (Fsp3) is 0.0952. The van der Waals surface area contributed by atoms with Crippen LogP contribution in [0.1, 0.15) is 22.3 Å². The largest absolute Gasteiger partial charge is 0.465 e. The standard InChI is InChI=1S/C21H15F3N4O4/c22-21(23,24)14-4-5-15(28-20(31)32)16(9-14)27-19(30)10-18(29)13-3-1-2-12(8-13)17-11-25-6-7-26-17/h1-9,11,28H,10H2,(H,27,30)(H,31,32). The van der Waals surface area contributed by atoms with Gasteiger partial charge in [-0.2, -0.15) is 13.2 Å². The number of Topliss-reactive ketones (excluding diaryl/α,β-unsaturated/α-hetero) is 1. The molecule has 0 saturated carbocycles. The van der Waals surface area contributed by atoms with Gasteiger partial charge in [-0.25, -0.2) is 4.79 Å². The monoisotopic (exact) mass is 444 g/mol. The lowest BCUT2D eigenvalue weighted by molar-refractivity contribution is -0.137. The summed E-state index contributed by atoms with van der Waals surface area (Å²) in [4.78, 5) is 43.8. The van der Waals surface area contributed by atoms with Crippen molar-refractivity contribution in [1.29, 1.82) is 0 Å². The van der Waals surface area contributed by atoms with Crippen molar-refractivity contribution in [3.63, 3.8) is 0 Å². The number of carbonyl (C=O) groups is 3. The molecule has 2 aromatic carbocycles. The van der Waals surface area contributed by atoms with Gasteiger partial charge in [0.15, 0.2) is 5.78 Å². The third-order valence-electron chi connectivity index (χ3n) is 4.23. The molecule has 0 aliphatic heterocycles. The van der Waals surface area contributed by atoms with Crippen LogP contribution in [0.5, 0.6) is 0 Å². The minimum absolute atomic E-state index is 0.191. The molecule has 0 saturated heterocycles. The first-order chi connectivity index (χ1) is 15.1. The normalized spacial score (nSPS) is 11.0. The summed E-state index contributed by atoms with van der Waals surface area (Å²) >= 11 is 0. The number of halogens is 3. The minimum atomic E-state index is -4.71. The van der Waals surface area contributed by atoms with Crippen LogP contribution >= 0.6 is 0 Å². The van der Waals surface area contributed by atoms with E-state index in [0.29, 0.717) is 23.4 Å². The zero-order chi connectivity index (χ0) is 23.3. The Kier molecular flexibility index (Phi) is 6.47. The Balaban J connectivity index is 1.78. The molecule has 3 N–H and O–H groups in total. The average molecular weight is 444 g/mol. The third kappa shape index (κ3) is 5.65. The van der Waals surface area contributed by atoms with Gasteiger partial charge in [-0.05, 0) is 24.3 Å². The SMILES string of the molecule is O=C(O)Nc1ccc(C(F)(F)F)cc1NC(=O)CC(=O)c1cccc(-c2cnccn2)c1. The summed E-state index contributed by atoms with van der Waals surface area (Å²) in [5, 5.41) is 12.9. The molecule has 1 heterocycles. The van der Waals surface area contributed by atoms with Crippen LogP contribution in [-0.4, -0.2) is 32.9 Å². The van der Waals surface area contributed by atoms with Crippen molar-refractivity contribution in [2.45, 2.75) is 12.6 Å². The van der Waals surface area contributed by atoms with Gasteiger partial charge in [0.1, 0.15) is 0 Å². The highest BCUT2D eigenvalue weighted by Crippen LogP contribution is 2.34. The summed E-state index contributed by atoms with van der Waals surface area (Å²) in [6.07, 6.45) is -2.44. The van der Waals surface area contributed by atoms with Crippen molar-refractivity contribution in [3.8, 4) is 11.3 Å². The lowest BCUT2D eigenvalue weighted by atomic mass is 10.0. The number of rotatable bonds is 6. The van der Waals surface area contributed by atoms with E-state index in [1.165, 1.54) is 30.7 Å². The Labute approximate surface area is 179 Å². The molecular formula is C21H15F3N4O4. The molecule has 32 heavy (non-hydrogen) atoms. The number of nitrogens with one attached hydrogen (secondary N) is 2. The highest BCUT2D eigenvalue weighted by Gasteiger charge is 2.31. The van der Waals surface area contributed by atoms with E-state index in [1.807, 2.05) is 5.32 Å². The van der Waals surface area contributed by atoms with E-state index in [4.69, 9.17) is 5.11 Å². The second-order valence-corrected chi connectivity index (χ2v) is 6.51. The molecule has 0 fully saturated rings. The van der Waals surface area contributed by atoms with Crippen LogP contribution in [0.4, 0.5) is 29.3 Å². The molecule has 0 aliphatic rings. The van der Waals surface area contributed by atoms with E-state index in [9.17, 15) is 27.6 Å². The Morgan fingerprint density at radius 3 is 2.41 bits per heavy atom. The number of alkyl halides is 3. The smallest absolute Gasteiger partial charge is 0.416 e. The molecule has 3 aromatic rings. The Bertz CT molecular complexity index is 1170. The van der Waals surface area contributed by atoms with Crippen molar-refractivity contribution in [1.82, 2.24) is 9.97 Å². The summed E-state index contributed by atoms with van der Waals surface area (Å²) in [7, 11) is 0. The highest BCUT2D eigenvalue weighted by molar-refractivity contribution is 6.12. The van der Waals surface area contributed by atoms with Crippen LogP contribution < -0.4 is 10.6 Å². The van der Waals surface area contributed by atoms with Gasteiger partial charge in [0, 0.05) is 23.5 Å². The number of hydrogen-bond acceptors (Lipinski definition) is 5. The number of anilines is 2. The molecule has 1 aromatic heterocycles. The molecule has 11 heteroatoms. The summed E-state index contributed by atoms with van der Waals surface area (Å²) in [5.74, 6) is -1.50. The number of hydrogen-bond donors (Lipinski definition) is 3. The van der Waals surface area contributed by atoms with Crippen LogP contribution in [0.15, 0.2) is 61.1 Å². The fourth-order valence-electron chi connectivity index (χ4n) is 2.79. The number of nitrogens with zero attached hydrogens (tertiary/aromatic N) is 2. The molecule has 8 nitrogen and oxygen atoms in total. The van der Waals surface area contributed by atoms with E-state index < -0.39 is 41.6 Å². The van der Waals surface area contributed by atoms with Crippen LogP contribution in [0.25, 0.3) is 11.3 Å². The molecule has 0 bridgehead atoms. The molecular weight excluding hydrogens is 429 g/mol. The number of carboxylic acid groups (broad SMARTS) is 1. The zero-order valence-corrected chi connectivity index (χ0v) is 16.2. The molecule has 3 rings (SSSR count). The second-order valence-electron chi connectivity index (χ2n) is 6.51. The number of ketones is 1. The summed E-state index contributed by atoms with van der Waals surface area (Å²) < 4.78 is 39.0. The predicted molar refractivity (Wildman–Crippen MR) is 108 cm³/mol. The van der Waals surface area contributed by atoms with Gasteiger partial charge in [-0.1, -0.05) is 18.2 Å². The van der Waals surface area contributed by atoms with Gasteiger partial charge >= 0.3 is 12.3 Å². The van der Waals surface area contributed by atoms with E-state index >= 15 is 0 Å². The second kappa shape index (κ2) is 9.25. The van der Waals surface area contributed by atoms with E-state index in [-0.39, 0.29) is 11.3 Å². The van der Waals surface area contributed by atoms with Crippen molar-refractivity contribution in [2.75, 3.05) is 10.6 Å². The topological polar surface area (TPSA) is 121 Å². The predicted octanol–water partition coefficient (Wildman–Crippen LogP) is 4.46. The first kappa shape index (κ1) is 22.4. The van der Waals surface area contributed by atoms with Crippen molar-refractivity contribution >= 4 is 29.2 Å². The van der Waals surface area contributed by atoms with E-state index in [1.54, 1.807) is 12.1 Å². The van der Waals surface area contributed by atoms with Gasteiger partial charge in [0.05, 0.1) is 35.2 Å². The number of benzene rings is 2. The Morgan fingerprint density at radius 1 is 0.969 bits per heavy atom. The van der Waals surface area contributed by atoms with Crippen molar-refractivity contribution < 1.29 is 32.7 Å². The summed E-state index contributed by atoms with van der Waals surface area (Å²) in [5.41, 5.74) is -0.484. The third-order valence-corrected chi connectivity index (χ3v) is 4.23. The zero-order valence-electron chi connectivity index (χ0n) is 16.2. The Hall–Kier alpha value is -4.28.